The number of allylic oxidation sites excluding steroid dienone is 1. The van der Waals surface area contributed by atoms with E-state index in [1.54, 1.807) is 5.57 Å². The summed E-state index contributed by atoms with van der Waals surface area (Å²) in [4.78, 5) is 24.4. The normalized spacial score (nSPS) is 43.6. The van der Waals surface area contributed by atoms with Crippen LogP contribution in [0.25, 0.3) is 0 Å². The lowest BCUT2D eigenvalue weighted by Gasteiger charge is -2.58. The Balaban J connectivity index is 1.48. The number of carbonyl (C=O) groups is 2. The first-order chi connectivity index (χ1) is 13.8. The lowest BCUT2D eigenvalue weighted by molar-refractivity contribution is -0.151. The van der Waals surface area contributed by atoms with E-state index in [1.165, 1.54) is 19.3 Å². The van der Waals surface area contributed by atoms with Gasteiger partial charge in [-0.2, -0.15) is 0 Å². The minimum absolute atomic E-state index is 0.00981. The number of Topliss-reactive ketones (excluding diaryl/α,β-unsaturated/α-hetero) is 1. The molecule has 0 aliphatic heterocycles. The van der Waals surface area contributed by atoms with Gasteiger partial charge in [-0.1, -0.05) is 38.8 Å². The zero-order valence-corrected chi connectivity index (χ0v) is 19.0. The summed E-state index contributed by atoms with van der Waals surface area (Å²) in [6.45, 7) is 8.83. The van der Waals surface area contributed by atoms with Gasteiger partial charge < -0.3 is 4.74 Å². The Kier molecular flexibility index (Phi) is 5.72. The summed E-state index contributed by atoms with van der Waals surface area (Å²) in [6, 6.07) is 0. The van der Waals surface area contributed by atoms with Crippen LogP contribution in [0, 0.1) is 34.5 Å². The molecule has 3 saturated carbocycles. The largest absolute Gasteiger partial charge is 0.462 e. The Hall–Kier alpha value is -1.12. The standard InChI is InChI=1S/C26H40O3/c1-5-6-7-24(28)29-19-12-14-25(3)18(16-19)8-9-20-22-11-10-21(17(2)27)26(22,4)15-13-23(20)25/h8,19-23H,5-7,9-16H2,1-4H3/t19?,20-,21+,22-,23-,25-,26+/m0/s1. The van der Waals surface area contributed by atoms with Crippen molar-refractivity contribution in [2.75, 3.05) is 0 Å². The van der Waals surface area contributed by atoms with Gasteiger partial charge >= 0.3 is 5.97 Å². The number of ketones is 1. The highest BCUT2D eigenvalue weighted by Gasteiger charge is 2.59. The van der Waals surface area contributed by atoms with Crippen molar-refractivity contribution in [1.82, 2.24) is 0 Å². The van der Waals surface area contributed by atoms with Crippen LogP contribution in [0.15, 0.2) is 11.6 Å². The highest BCUT2D eigenvalue weighted by molar-refractivity contribution is 5.79. The van der Waals surface area contributed by atoms with Crippen molar-refractivity contribution in [2.45, 2.75) is 104 Å². The first kappa shape index (κ1) is 21.1. The number of fused-ring (bicyclic) bond motifs is 5. The fourth-order valence-electron chi connectivity index (χ4n) is 7.96. The van der Waals surface area contributed by atoms with Crippen molar-refractivity contribution in [3.05, 3.63) is 11.6 Å². The molecule has 3 heteroatoms. The number of hydrogen-bond acceptors (Lipinski definition) is 3. The maximum atomic E-state index is 12.3. The molecule has 162 valence electrons. The summed E-state index contributed by atoms with van der Waals surface area (Å²) in [7, 11) is 0. The Morgan fingerprint density at radius 3 is 2.62 bits per heavy atom. The van der Waals surface area contributed by atoms with Gasteiger partial charge in [0.25, 0.3) is 0 Å². The van der Waals surface area contributed by atoms with Gasteiger partial charge in [-0.15, -0.1) is 0 Å². The zero-order chi connectivity index (χ0) is 20.8. The van der Waals surface area contributed by atoms with Crippen LogP contribution in [0.2, 0.25) is 0 Å². The van der Waals surface area contributed by atoms with Crippen molar-refractivity contribution >= 4 is 11.8 Å². The van der Waals surface area contributed by atoms with Crippen molar-refractivity contribution in [3.8, 4) is 0 Å². The van der Waals surface area contributed by atoms with E-state index in [0.717, 1.165) is 56.8 Å². The van der Waals surface area contributed by atoms with Gasteiger partial charge in [-0.25, -0.2) is 0 Å². The molecule has 4 aliphatic carbocycles. The monoisotopic (exact) mass is 400 g/mol. The van der Waals surface area contributed by atoms with E-state index in [2.05, 4.69) is 26.8 Å². The number of carbonyl (C=O) groups excluding carboxylic acids is 2. The minimum Gasteiger partial charge on any atom is -0.462 e. The molecule has 0 radical (unpaired) electrons. The molecule has 4 rings (SSSR count). The quantitative estimate of drug-likeness (QED) is 0.404. The van der Waals surface area contributed by atoms with Crippen molar-refractivity contribution in [2.24, 2.45) is 34.5 Å². The summed E-state index contributed by atoms with van der Waals surface area (Å²) < 4.78 is 5.83. The minimum atomic E-state index is -0.00981. The molecule has 0 heterocycles. The SMILES string of the molecule is CCCCC(=O)OC1CC[C@@]2(C)C(=CC[C@H]3[C@@H]4CC[C@H](C(C)=O)[C@@]4(C)CC[C@@H]32)C1. The van der Waals surface area contributed by atoms with Crippen LogP contribution < -0.4 is 0 Å². The molecule has 0 aromatic rings. The van der Waals surface area contributed by atoms with Gasteiger partial charge in [-0.05, 0) is 86.9 Å². The second-order valence-electron chi connectivity index (χ2n) is 11.0. The molecule has 0 aromatic heterocycles. The Labute approximate surface area is 177 Å². The van der Waals surface area contributed by atoms with Crippen molar-refractivity contribution in [1.29, 1.82) is 0 Å². The molecule has 0 N–H and O–H groups in total. The number of ether oxygens (including phenoxy) is 1. The van der Waals surface area contributed by atoms with Gasteiger partial charge in [-0.3, -0.25) is 9.59 Å². The lowest BCUT2D eigenvalue weighted by Crippen LogP contribution is -2.51. The molecular weight excluding hydrogens is 360 g/mol. The van der Waals surface area contributed by atoms with Gasteiger partial charge in [0.15, 0.2) is 0 Å². The second-order valence-corrected chi connectivity index (χ2v) is 11.0. The Bertz CT molecular complexity index is 694. The van der Waals surface area contributed by atoms with Crippen LogP contribution in [-0.2, 0) is 14.3 Å². The van der Waals surface area contributed by atoms with Crippen LogP contribution in [0.1, 0.15) is 98.3 Å². The van der Waals surface area contributed by atoms with E-state index in [-0.39, 0.29) is 28.8 Å². The van der Waals surface area contributed by atoms with Crippen LogP contribution in [0.4, 0.5) is 0 Å². The maximum absolute atomic E-state index is 12.3. The molecule has 0 aromatic carbocycles. The number of esters is 1. The molecule has 0 bridgehead atoms. The lowest BCUT2D eigenvalue weighted by atomic mass is 9.47. The van der Waals surface area contributed by atoms with Crippen molar-refractivity contribution in [3.63, 3.8) is 0 Å². The second kappa shape index (κ2) is 7.85. The smallest absolute Gasteiger partial charge is 0.306 e. The van der Waals surface area contributed by atoms with Gasteiger partial charge in [0, 0.05) is 18.8 Å². The van der Waals surface area contributed by atoms with Gasteiger partial charge in [0.1, 0.15) is 11.9 Å². The maximum Gasteiger partial charge on any atom is 0.306 e. The van der Waals surface area contributed by atoms with E-state index in [9.17, 15) is 9.59 Å². The van der Waals surface area contributed by atoms with Gasteiger partial charge in [0.05, 0.1) is 0 Å². The molecule has 0 amide bonds. The summed E-state index contributed by atoms with van der Waals surface area (Å²) in [5.74, 6) is 2.86. The van der Waals surface area contributed by atoms with E-state index < -0.39 is 0 Å². The third kappa shape index (κ3) is 3.51. The molecule has 0 spiro atoms. The Morgan fingerprint density at radius 2 is 1.90 bits per heavy atom. The fourth-order valence-corrected chi connectivity index (χ4v) is 7.96. The number of unbranched alkanes of at least 4 members (excludes halogenated alkanes) is 1. The summed E-state index contributed by atoms with van der Waals surface area (Å²) in [6.07, 6.45) is 14.2. The first-order valence-electron chi connectivity index (χ1n) is 12.2. The van der Waals surface area contributed by atoms with Crippen LogP contribution in [0.5, 0.6) is 0 Å². The predicted octanol–water partition coefficient (Wildman–Crippen LogP) is 6.26. The summed E-state index contributed by atoms with van der Waals surface area (Å²) in [5.41, 5.74) is 2.05. The first-order valence-corrected chi connectivity index (χ1v) is 12.2. The number of rotatable bonds is 5. The van der Waals surface area contributed by atoms with Crippen LogP contribution in [-0.4, -0.2) is 17.9 Å². The van der Waals surface area contributed by atoms with Gasteiger partial charge in [0.2, 0.25) is 0 Å². The third-order valence-electron chi connectivity index (χ3n) is 9.58. The molecular formula is C26H40O3. The topological polar surface area (TPSA) is 43.4 Å². The molecule has 29 heavy (non-hydrogen) atoms. The third-order valence-corrected chi connectivity index (χ3v) is 9.58. The van der Waals surface area contributed by atoms with Crippen LogP contribution >= 0.6 is 0 Å². The van der Waals surface area contributed by atoms with E-state index >= 15 is 0 Å². The van der Waals surface area contributed by atoms with E-state index in [4.69, 9.17) is 4.74 Å². The fraction of sp³-hybridized carbons (Fsp3) is 0.846. The number of hydrogen-bond donors (Lipinski definition) is 0. The van der Waals surface area contributed by atoms with E-state index in [0.29, 0.717) is 18.1 Å². The molecule has 7 atom stereocenters. The average molecular weight is 401 g/mol. The van der Waals surface area contributed by atoms with Crippen molar-refractivity contribution < 1.29 is 14.3 Å². The molecule has 3 nitrogen and oxygen atoms in total. The van der Waals surface area contributed by atoms with E-state index in [1.807, 2.05) is 6.92 Å². The molecule has 0 saturated heterocycles. The molecule has 1 unspecified atom stereocenters. The molecule has 4 aliphatic rings. The zero-order valence-electron chi connectivity index (χ0n) is 19.0. The highest BCUT2D eigenvalue weighted by Crippen LogP contribution is 2.66. The highest BCUT2D eigenvalue weighted by atomic mass is 16.5. The predicted molar refractivity (Wildman–Crippen MR) is 115 cm³/mol. The Morgan fingerprint density at radius 1 is 1.10 bits per heavy atom. The summed E-state index contributed by atoms with van der Waals surface area (Å²) >= 11 is 0. The molecule has 3 fully saturated rings. The van der Waals surface area contributed by atoms with Crippen LogP contribution in [0.3, 0.4) is 0 Å². The summed E-state index contributed by atoms with van der Waals surface area (Å²) in [5, 5.41) is 0. The average Bonchev–Trinajstić information content (AvgIpc) is 3.04.